The number of carbonyl (C=O) groups is 1. The molecule has 2 rings (SSSR count). The second-order valence-electron chi connectivity index (χ2n) is 5.21. The number of nitrogens with zero attached hydrogens (tertiary/aromatic N) is 2. The third kappa shape index (κ3) is 5.32. The predicted molar refractivity (Wildman–Crippen MR) is 87.6 cm³/mol. The largest absolute Gasteiger partial charge is 0.364 e. The highest BCUT2D eigenvalue weighted by molar-refractivity contribution is 5.92. The Balaban J connectivity index is 1.84. The number of amides is 1. The number of anilines is 1. The summed E-state index contributed by atoms with van der Waals surface area (Å²) in [7, 11) is 0. The summed E-state index contributed by atoms with van der Waals surface area (Å²) in [6, 6.07) is 9.80. The number of nitrogens with one attached hydrogen (secondary N) is 2. The summed E-state index contributed by atoms with van der Waals surface area (Å²) in [4.78, 5) is 11.9. The zero-order chi connectivity index (χ0) is 16.5. The van der Waals surface area contributed by atoms with E-state index >= 15 is 0 Å². The Morgan fingerprint density at radius 2 is 1.96 bits per heavy atom. The maximum absolute atomic E-state index is 13.5. The van der Waals surface area contributed by atoms with Crippen LogP contribution in [0, 0.1) is 5.82 Å². The highest BCUT2D eigenvalue weighted by Gasteiger charge is 2.07. The van der Waals surface area contributed by atoms with Crippen molar-refractivity contribution in [2.75, 3.05) is 11.9 Å². The fraction of sp³-hybridized carbons (Fsp3) is 0.353. The number of halogens is 1. The van der Waals surface area contributed by atoms with Crippen molar-refractivity contribution in [3.63, 3.8) is 0 Å². The van der Waals surface area contributed by atoms with Gasteiger partial charge < -0.3 is 10.6 Å². The molecule has 0 fully saturated rings. The molecule has 2 N–H and O–H groups in total. The molecule has 0 spiro atoms. The van der Waals surface area contributed by atoms with Gasteiger partial charge in [0.2, 0.25) is 0 Å². The van der Waals surface area contributed by atoms with E-state index < -0.39 is 0 Å². The monoisotopic (exact) mass is 316 g/mol. The fourth-order valence-corrected chi connectivity index (χ4v) is 2.04. The van der Waals surface area contributed by atoms with E-state index in [0.717, 1.165) is 19.3 Å². The molecule has 122 valence electrons. The lowest BCUT2D eigenvalue weighted by molar-refractivity contribution is 0.0947. The predicted octanol–water partition coefficient (Wildman–Crippen LogP) is 3.15. The molecule has 0 radical (unpaired) electrons. The molecule has 5 nitrogen and oxygen atoms in total. The van der Waals surface area contributed by atoms with Crippen molar-refractivity contribution in [3.05, 3.63) is 53.5 Å². The van der Waals surface area contributed by atoms with E-state index in [-0.39, 0.29) is 17.4 Å². The number of benzene rings is 1. The topological polar surface area (TPSA) is 66.9 Å². The zero-order valence-corrected chi connectivity index (χ0v) is 13.2. The second kappa shape index (κ2) is 8.82. The summed E-state index contributed by atoms with van der Waals surface area (Å²) in [6.07, 6.45) is 3.15. The van der Waals surface area contributed by atoms with Gasteiger partial charge in [0.05, 0.1) is 0 Å². The van der Waals surface area contributed by atoms with Crippen molar-refractivity contribution in [2.45, 2.75) is 32.7 Å². The average Bonchev–Trinajstić information content (AvgIpc) is 2.58. The van der Waals surface area contributed by atoms with Crippen LogP contribution in [0.5, 0.6) is 0 Å². The number of hydrogen-bond acceptors (Lipinski definition) is 4. The minimum Gasteiger partial charge on any atom is -0.364 e. The third-order valence-electron chi connectivity index (χ3n) is 3.38. The van der Waals surface area contributed by atoms with E-state index in [1.165, 1.54) is 6.07 Å². The summed E-state index contributed by atoms with van der Waals surface area (Å²) >= 11 is 0. The van der Waals surface area contributed by atoms with Gasteiger partial charge >= 0.3 is 0 Å². The van der Waals surface area contributed by atoms with Crippen molar-refractivity contribution >= 4 is 11.7 Å². The Bertz CT molecular complexity index is 631. The molecule has 2 aromatic rings. The van der Waals surface area contributed by atoms with Crippen LogP contribution in [0.2, 0.25) is 0 Å². The van der Waals surface area contributed by atoms with Gasteiger partial charge in [-0.2, -0.15) is 0 Å². The van der Waals surface area contributed by atoms with Gasteiger partial charge in [-0.25, -0.2) is 4.39 Å². The van der Waals surface area contributed by atoms with E-state index in [1.54, 1.807) is 30.3 Å². The van der Waals surface area contributed by atoms with Crippen molar-refractivity contribution in [2.24, 2.45) is 0 Å². The lowest BCUT2D eigenvalue weighted by atomic mass is 10.2. The minimum atomic E-state index is -0.268. The fourth-order valence-electron chi connectivity index (χ4n) is 2.04. The lowest BCUT2D eigenvalue weighted by Crippen LogP contribution is -2.25. The molecule has 0 bridgehead atoms. The molecule has 23 heavy (non-hydrogen) atoms. The molecule has 1 heterocycles. The molecule has 1 amide bonds. The first kappa shape index (κ1) is 16.9. The molecular formula is C17H21FN4O. The summed E-state index contributed by atoms with van der Waals surface area (Å²) in [5.74, 6) is 0.000999. The van der Waals surface area contributed by atoms with Crippen molar-refractivity contribution < 1.29 is 9.18 Å². The van der Waals surface area contributed by atoms with Crippen LogP contribution in [-0.2, 0) is 6.54 Å². The van der Waals surface area contributed by atoms with Crippen molar-refractivity contribution in [3.8, 4) is 0 Å². The first-order chi connectivity index (χ1) is 11.2. The molecule has 1 aromatic heterocycles. The quantitative estimate of drug-likeness (QED) is 0.734. The van der Waals surface area contributed by atoms with Crippen LogP contribution >= 0.6 is 0 Å². The summed E-state index contributed by atoms with van der Waals surface area (Å²) in [6.45, 7) is 3.06. The van der Waals surface area contributed by atoms with Crippen molar-refractivity contribution in [1.82, 2.24) is 15.5 Å². The van der Waals surface area contributed by atoms with Crippen LogP contribution < -0.4 is 10.6 Å². The Labute approximate surface area is 135 Å². The average molecular weight is 316 g/mol. The Hall–Kier alpha value is -2.50. The van der Waals surface area contributed by atoms with E-state index in [9.17, 15) is 9.18 Å². The van der Waals surface area contributed by atoms with Gasteiger partial charge in [0, 0.05) is 18.7 Å². The molecule has 0 atom stereocenters. The SMILES string of the molecule is CCCCCNC(=O)c1ccc(NCc2ccccc2F)nn1. The Morgan fingerprint density at radius 3 is 2.65 bits per heavy atom. The molecule has 0 aliphatic carbocycles. The van der Waals surface area contributed by atoms with Gasteiger partial charge in [-0.1, -0.05) is 38.0 Å². The third-order valence-corrected chi connectivity index (χ3v) is 3.38. The zero-order valence-electron chi connectivity index (χ0n) is 13.2. The smallest absolute Gasteiger partial charge is 0.271 e. The highest BCUT2D eigenvalue weighted by Crippen LogP contribution is 2.09. The van der Waals surface area contributed by atoms with Crippen LogP contribution in [0.4, 0.5) is 10.2 Å². The van der Waals surface area contributed by atoms with Gasteiger partial charge in [-0.05, 0) is 24.6 Å². The van der Waals surface area contributed by atoms with Crippen LogP contribution in [0.1, 0.15) is 42.2 Å². The molecule has 6 heteroatoms. The van der Waals surface area contributed by atoms with Crippen LogP contribution in [0.25, 0.3) is 0 Å². The van der Waals surface area contributed by atoms with Crippen molar-refractivity contribution in [1.29, 1.82) is 0 Å². The molecule has 0 aliphatic heterocycles. The second-order valence-corrected chi connectivity index (χ2v) is 5.21. The van der Waals surface area contributed by atoms with Gasteiger partial charge in [-0.3, -0.25) is 4.79 Å². The first-order valence-corrected chi connectivity index (χ1v) is 7.80. The molecule has 0 saturated heterocycles. The standard InChI is InChI=1S/C17H21FN4O/c1-2-3-6-11-19-17(23)15-9-10-16(22-21-15)20-12-13-7-4-5-8-14(13)18/h4-5,7-10H,2-3,6,11-12H2,1H3,(H,19,23)(H,20,22). The van der Waals surface area contributed by atoms with E-state index in [4.69, 9.17) is 0 Å². The molecule has 0 saturated carbocycles. The number of hydrogen-bond donors (Lipinski definition) is 2. The minimum absolute atomic E-state index is 0.228. The van der Waals surface area contributed by atoms with E-state index in [2.05, 4.69) is 27.8 Å². The number of carbonyl (C=O) groups excluding carboxylic acids is 1. The summed E-state index contributed by atoms with van der Waals surface area (Å²) in [5.41, 5.74) is 0.824. The van der Waals surface area contributed by atoms with Gasteiger partial charge in [0.25, 0.3) is 5.91 Å². The maximum atomic E-state index is 13.5. The summed E-state index contributed by atoms with van der Waals surface area (Å²) in [5, 5.41) is 13.6. The molecule has 1 aromatic carbocycles. The first-order valence-electron chi connectivity index (χ1n) is 7.80. The van der Waals surface area contributed by atoms with Gasteiger partial charge in [0.1, 0.15) is 11.6 Å². The molecular weight excluding hydrogens is 295 g/mol. The molecule has 0 aliphatic rings. The van der Waals surface area contributed by atoms with Crippen LogP contribution in [0.15, 0.2) is 36.4 Å². The molecule has 0 unspecified atom stereocenters. The normalized spacial score (nSPS) is 10.3. The maximum Gasteiger partial charge on any atom is 0.271 e. The number of unbranched alkanes of at least 4 members (excludes halogenated alkanes) is 2. The highest BCUT2D eigenvalue weighted by atomic mass is 19.1. The Kier molecular flexibility index (Phi) is 6.47. The van der Waals surface area contributed by atoms with Crippen LogP contribution in [0.3, 0.4) is 0 Å². The number of aromatic nitrogens is 2. The van der Waals surface area contributed by atoms with E-state index in [1.807, 2.05) is 0 Å². The van der Waals surface area contributed by atoms with Gasteiger partial charge in [0.15, 0.2) is 5.69 Å². The van der Waals surface area contributed by atoms with E-state index in [0.29, 0.717) is 24.5 Å². The Morgan fingerprint density at radius 1 is 1.13 bits per heavy atom. The summed E-state index contributed by atoms with van der Waals surface area (Å²) < 4.78 is 13.5. The van der Waals surface area contributed by atoms with Gasteiger partial charge in [-0.15, -0.1) is 10.2 Å². The van der Waals surface area contributed by atoms with Crippen LogP contribution in [-0.4, -0.2) is 22.6 Å². The number of rotatable bonds is 8. The lowest BCUT2D eigenvalue weighted by Gasteiger charge is -2.07.